The highest BCUT2D eigenvalue weighted by Crippen LogP contribution is 2.14. The van der Waals surface area contributed by atoms with Crippen molar-refractivity contribution < 1.29 is 17.6 Å². The molecule has 0 aliphatic carbocycles. The van der Waals surface area contributed by atoms with E-state index >= 15 is 0 Å². The fourth-order valence-electron chi connectivity index (χ4n) is 1.76. The van der Waals surface area contributed by atoms with Gasteiger partial charge in [-0.2, -0.15) is 0 Å². The lowest BCUT2D eigenvalue weighted by atomic mass is 10.2. The standard InChI is InChI=1S/C13H16N2O4S2/c1-9(8-10-4-3-7-20-10)15-13(16)11-5-6-12(19-11)21(17,18)14-2/h3-7,9,14H,8H2,1-2H3,(H,15,16). The van der Waals surface area contributed by atoms with Gasteiger partial charge in [-0.25, -0.2) is 13.1 Å². The zero-order chi connectivity index (χ0) is 15.5. The summed E-state index contributed by atoms with van der Waals surface area (Å²) in [7, 11) is -2.40. The summed E-state index contributed by atoms with van der Waals surface area (Å²) in [5, 5.41) is 4.48. The van der Waals surface area contributed by atoms with Crippen LogP contribution < -0.4 is 10.0 Å². The van der Waals surface area contributed by atoms with Crippen LogP contribution in [0.2, 0.25) is 0 Å². The Hall–Kier alpha value is -1.64. The van der Waals surface area contributed by atoms with Crippen LogP contribution in [0.3, 0.4) is 0 Å². The molecular weight excluding hydrogens is 312 g/mol. The molecule has 1 atom stereocenters. The summed E-state index contributed by atoms with van der Waals surface area (Å²) in [6.45, 7) is 1.88. The number of amides is 1. The number of nitrogens with one attached hydrogen (secondary N) is 2. The SMILES string of the molecule is CNS(=O)(=O)c1ccc(C(=O)NC(C)Cc2cccs2)o1. The zero-order valence-corrected chi connectivity index (χ0v) is 13.3. The van der Waals surface area contributed by atoms with Gasteiger partial charge in [0.1, 0.15) is 0 Å². The molecule has 21 heavy (non-hydrogen) atoms. The molecule has 2 heterocycles. The molecule has 2 rings (SSSR count). The number of furan rings is 1. The van der Waals surface area contributed by atoms with E-state index in [0.29, 0.717) is 6.42 Å². The predicted octanol–water partition coefficient (Wildman–Crippen LogP) is 1.61. The van der Waals surface area contributed by atoms with Gasteiger partial charge in [-0.1, -0.05) is 6.07 Å². The summed E-state index contributed by atoms with van der Waals surface area (Å²) in [6, 6.07) is 6.47. The second-order valence-corrected chi connectivity index (χ2v) is 7.33. The van der Waals surface area contributed by atoms with Gasteiger partial charge in [-0.3, -0.25) is 4.79 Å². The Labute approximate surface area is 127 Å². The van der Waals surface area contributed by atoms with Crippen LogP contribution in [-0.2, 0) is 16.4 Å². The molecule has 1 unspecified atom stereocenters. The second-order valence-electron chi connectivity index (χ2n) is 4.48. The summed E-state index contributed by atoms with van der Waals surface area (Å²) in [6.07, 6.45) is 0.714. The Bertz CT molecular complexity index is 704. The third-order valence-corrected chi connectivity index (χ3v) is 4.99. The van der Waals surface area contributed by atoms with Crippen molar-refractivity contribution >= 4 is 27.3 Å². The molecule has 0 saturated carbocycles. The quantitative estimate of drug-likeness (QED) is 0.843. The molecular formula is C13H16N2O4S2. The molecule has 0 aliphatic rings. The normalized spacial score (nSPS) is 13.0. The number of thiophene rings is 1. The van der Waals surface area contributed by atoms with E-state index in [0.717, 1.165) is 0 Å². The highest BCUT2D eigenvalue weighted by atomic mass is 32.2. The van der Waals surface area contributed by atoms with Crippen molar-refractivity contribution in [1.29, 1.82) is 0 Å². The largest absolute Gasteiger partial charge is 0.438 e. The summed E-state index contributed by atoms with van der Waals surface area (Å²) in [5.41, 5.74) is 0. The first-order chi connectivity index (χ1) is 9.92. The van der Waals surface area contributed by atoms with Crippen molar-refractivity contribution in [3.05, 3.63) is 40.3 Å². The minimum Gasteiger partial charge on any atom is -0.438 e. The Kier molecular flexibility index (Phi) is 4.81. The summed E-state index contributed by atoms with van der Waals surface area (Å²) >= 11 is 1.62. The van der Waals surface area contributed by atoms with E-state index in [1.54, 1.807) is 11.3 Å². The minimum atomic E-state index is -3.68. The van der Waals surface area contributed by atoms with Gasteiger partial charge in [0.15, 0.2) is 5.76 Å². The van der Waals surface area contributed by atoms with Crippen LogP contribution in [0, 0.1) is 0 Å². The smallest absolute Gasteiger partial charge is 0.287 e. The van der Waals surface area contributed by atoms with Crippen LogP contribution in [0.25, 0.3) is 0 Å². The van der Waals surface area contributed by atoms with E-state index < -0.39 is 15.9 Å². The maximum Gasteiger partial charge on any atom is 0.287 e. The van der Waals surface area contributed by atoms with Crippen LogP contribution in [-0.4, -0.2) is 27.4 Å². The zero-order valence-electron chi connectivity index (χ0n) is 11.6. The third-order valence-electron chi connectivity index (χ3n) is 2.80. The van der Waals surface area contributed by atoms with Crippen molar-refractivity contribution in [2.24, 2.45) is 0 Å². The van der Waals surface area contributed by atoms with E-state index in [1.807, 2.05) is 24.4 Å². The topological polar surface area (TPSA) is 88.4 Å². The molecule has 2 aromatic heterocycles. The van der Waals surface area contributed by atoms with Crippen LogP contribution in [0.1, 0.15) is 22.4 Å². The van der Waals surface area contributed by atoms with E-state index in [2.05, 4.69) is 10.0 Å². The van der Waals surface area contributed by atoms with Gasteiger partial charge >= 0.3 is 0 Å². The Morgan fingerprint density at radius 2 is 2.14 bits per heavy atom. The molecule has 0 fully saturated rings. The van der Waals surface area contributed by atoms with Crippen molar-refractivity contribution in [2.45, 2.75) is 24.5 Å². The summed E-state index contributed by atoms with van der Waals surface area (Å²) in [4.78, 5) is 13.2. The molecule has 2 aromatic rings. The van der Waals surface area contributed by atoms with Gasteiger partial charge in [0.2, 0.25) is 5.09 Å². The summed E-state index contributed by atoms with van der Waals surface area (Å²) < 4.78 is 30.3. The Balaban J connectivity index is 2.00. The number of hydrogen-bond acceptors (Lipinski definition) is 5. The van der Waals surface area contributed by atoms with Crippen LogP contribution in [0.4, 0.5) is 0 Å². The molecule has 0 saturated heterocycles. The van der Waals surface area contributed by atoms with Gasteiger partial charge in [0.25, 0.3) is 15.9 Å². The molecule has 2 N–H and O–H groups in total. The van der Waals surface area contributed by atoms with Crippen molar-refractivity contribution in [3.8, 4) is 0 Å². The Morgan fingerprint density at radius 1 is 1.38 bits per heavy atom. The molecule has 6 nitrogen and oxygen atoms in total. The molecule has 8 heteroatoms. The van der Waals surface area contributed by atoms with E-state index in [9.17, 15) is 13.2 Å². The molecule has 0 radical (unpaired) electrons. The first-order valence-electron chi connectivity index (χ1n) is 6.29. The molecule has 0 aromatic carbocycles. The van der Waals surface area contributed by atoms with Gasteiger partial charge in [-0.05, 0) is 37.6 Å². The van der Waals surface area contributed by atoms with Crippen LogP contribution in [0.5, 0.6) is 0 Å². The van der Waals surface area contributed by atoms with E-state index in [-0.39, 0.29) is 16.9 Å². The molecule has 0 spiro atoms. The van der Waals surface area contributed by atoms with Crippen molar-refractivity contribution in [2.75, 3.05) is 7.05 Å². The van der Waals surface area contributed by atoms with Crippen LogP contribution >= 0.6 is 11.3 Å². The number of sulfonamides is 1. The Morgan fingerprint density at radius 3 is 2.76 bits per heavy atom. The molecule has 1 amide bonds. The lowest BCUT2D eigenvalue weighted by Gasteiger charge is -2.11. The lowest BCUT2D eigenvalue weighted by molar-refractivity contribution is 0.0907. The average molecular weight is 328 g/mol. The van der Waals surface area contributed by atoms with Gasteiger partial charge < -0.3 is 9.73 Å². The fourth-order valence-corrected chi connectivity index (χ4v) is 3.25. The first-order valence-corrected chi connectivity index (χ1v) is 8.65. The second kappa shape index (κ2) is 6.42. The predicted molar refractivity (Wildman–Crippen MR) is 79.9 cm³/mol. The maximum absolute atomic E-state index is 12.0. The average Bonchev–Trinajstić information content (AvgIpc) is 3.09. The molecule has 0 bridgehead atoms. The number of rotatable bonds is 6. The van der Waals surface area contributed by atoms with E-state index in [1.165, 1.54) is 24.1 Å². The number of carbonyl (C=O) groups is 1. The van der Waals surface area contributed by atoms with Crippen molar-refractivity contribution in [3.63, 3.8) is 0 Å². The number of carbonyl (C=O) groups excluding carboxylic acids is 1. The maximum atomic E-state index is 12.0. The highest BCUT2D eigenvalue weighted by Gasteiger charge is 2.20. The third kappa shape index (κ3) is 3.93. The van der Waals surface area contributed by atoms with Gasteiger partial charge in [0.05, 0.1) is 0 Å². The van der Waals surface area contributed by atoms with Crippen LogP contribution in [0.15, 0.2) is 39.2 Å². The highest BCUT2D eigenvalue weighted by molar-refractivity contribution is 7.89. The van der Waals surface area contributed by atoms with Gasteiger partial charge in [-0.15, -0.1) is 11.3 Å². The first kappa shape index (κ1) is 15.7. The van der Waals surface area contributed by atoms with Gasteiger partial charge in [0, 0.05) is 17.3 Å². The summed E-state index contributed by atoms with van der Waals surface area (Å²) in [5.74, 6) is -0.460. The number of hydrogen-bond donors (Lipinski definition) is 2. The van der Waals surface area contributed by atoms with Crippen molar-refractivity contribution in [1.82, 2.24) is 10.0 Å². The monoisotopic (exact) mass is 328 g/mol. The minimum absolute atomic E-state index is 0.0261. The molecule has 0 aliphatic heterocycles. The van der Waals surface area contributed by atoms with E-state index in [4.69, 9.17) is 4.42 Å². The molecule has 114 valence electrons. The lowest BCUT2D eigenvalue weighted by Crippen LogP contribution is -2.33. The fraction of sp³-hybridized carbons (Fsp3) is 0.308.